The molecule has 0 aliphatic carbocycles. The average molecular weight is 296 g/mol. The summed E-state index contributed by atoms with van der Waals surface area (Å²) in [4.78, 5) is 14.0. The number of para-hydroxylation sites is 2. The Morgan fingerprint density at radius 3 is 2.82 bits per heavy atom. The minimum Gasteiger partial charge on any atom is -0.491 e. The third-order valence-electron chi connectivity index (χ3n) is 3.86. The van der Waals surface area contributed by atoms with Crippen molar-refractivity contribution in [1.82, 2.24) is 5.32 Å². The van der Waals surface area contributed by atoms with Crippen molar-refractivity contribution < 1.29 is 9.53 Å². The molecule has 0 unspecified atom stereocenters. The number of benzene rings is 2. The molecule has 0 atom stereocenters. The number of aryl methyl sites for hydroxylation is 1. The molecule has 22 heavy (non-hydrogen) atoms. The number of hydrogen-bond donors (Lipinski definition) is 1. The van der Waals surface area contributed by atoms with E-state index in [-0.39, 0.29) is 6.03 Å². The van der Waals surface area contributed by atoms with Gasteiger partial charge < -0.3 is 10.1 Å². The van der Waals surface area contributed by atoms with Gasteiger partial charge in [0.2, 0.25) is 0 Å². The van der Waals surface area contributed by atoms with Crippen LogP contribution in [-0.2, 0) is 6.42 Å². The Labute approximate surface area is 130 Å². The number of ether oxygens (including phenoxy) is 1. The van der Waals surface area contributed by atoms with Crippen molar-refractivity contribution >= 4 is 11.7 Å². The van der Waals surface area contributed by atoms with E-state index in [2.05, 4.69) is 11.4 Å². The highest BCUT2D eigenvalue weighted by Gasteiger charge is 2.23. The molecule has 0 bridgehead atoms. The molecule has 1 N–H and O–H groups in total. The molecule has 1 aliphatic rings. The van der Waals surface area contributed by atoms with Crippen LogP contribution in [-0.4, -0.2) is 25.7 Å². The van der Waals surface area contributed by atoms with E-state index in [4.69, 9.17) is 4.74 Å². The number of amides is 2. The molecule has 2 aromatic carbocycles. The Balaban J connectivity index is 1.49. The maximum atomic E-state index is 12.2. The van der Waals surface area contributed by atoms with E-state index in [9.17, 15) is 4.79 Å². The van der Waals surface area contributed by atoms with Crippen molar-refractivity contribution in [2.75, 3.05) is 24.6 Å². The van der Waals surface area contributed by atoms with E-state index in [0.717, 1.165) is 30.0 Å². The van der Waals surface area contributed by atoms with Gasteiger partial charge in [0.25, 0.3) is 0 Å². The highest BCUT2D eigenvalue weighted by molar-refractivity contribution is 5.94. The molecular weight excluding hydrogens is 276 g/mol. The van der Waals surface area contributed by atoms with Crippen molar-refractivity contribution in [3.05, 3.63) is 59.7 Å². The van der Waals surface area contributed by atoms with E-state index < -0.39 is 0 Å². The van der Waals surface area contributed by atoms with Crippen molar-refractivity contribution in [3.8, 4) is 5.75 Å². The summed E-state index contributed by atoms with van der Waals surface area (Å²) in [7, 11) is 0. The SMILES string of the molecule is Cc1ccccc1OCCNC(=O)N1CCc2ccccc21. The number of carbonyl (C=O) groups is 1. The van der Waals surface area contributed by atoms with Crippen molar-refractivity contribution in [2.24, 2.45) is 0 Å². The molecule has 4 heteroatoms. The van der Waals surface area contributed by atoms with Gasteiger partial charge in [-0.1, -0.05) is 36.4 Å². The second kappa shape index (κ2) is 6.52. The number of rotatable bonds is 4. The molecule has 114 valence electrons. The molecule has 0 spiro atoms. The molecule has 0 saturated heterocycles. The van der Waals surface area contributed by atoms with Gasteiger partial charge in [-0.25, -0.2) is 4.79 Å². The number of nitrogens with zero attached hydrogens (tertiary/aromatic N) is 1. The number of fused-ring (bicyclic) bond motifs is 1. The number of hydrogen-bond acceptors (Lipinski definition) is 2. The first-order valence-corrected chi connectivity index (χ1v) is 7.57. The summed E-state index contributed by atoms with van der Waals surface area (Å²) in [5.41, 5.74) is 3.34. The number of nitrogens with one attached hydrogen (secondary N) is 1. The maximum absolute atomic E-state index is 12.2. The highest BCUT2D eigenvalue weighted by Crippen LogP contribution is 2.27. The van der Waals surface area contributed by atoms with Crippen LogP contribution in [0.25, 0.3) is 0 Å². The Morgan fingerprint density at radius 2 is 1.95 bits per heavy atom. The summed E-state index contributed by atoms with van der Waals surface area (Å²) in [5.74, 6) is 0.864. The second-order valence-electron chi connectivity index (χ2n) is 5.38. The minimum atomic E-state index is -0.0571. The average Bonchev–Trinajstić information content (AvgIpc) is 2.97. The van der Waals surface area contributed by atoms with Crippen LogP contribution in [0.15, 0.2) is 48.5 Å². The molecular formula is C18H20N2O2. The Bertz CT molecular complexity index is 670. The first kappa shape index (κ1) is 14.4. The van der Waals surface area contributed by atoms with Gasteiger partial charge >= 0.3 is 6.03 Å². The van der Waals surface area contributed by atoms with Crippen LogP contribution in [0.2, 0.25) is 0 Å². The second-order valence-corrected chi connectivity index (χ2v) is 5.38. The fourth-order valence-corrected chi connectivity index (χ4v) is 2.68. The van der Waals surface area contributed by atoms with Gasteiger partial charge in [0.15, 0.2) is 0 Å². The predicted molar refractivity (Wildman–Crippen MR) is 87.6 cm³/mol. The first-order chi connectivity index (χ1) is 10.8. The fourth-order valence-electron chi connectivity index (χ4n) is 2.68. The topological polar surface area (TPSA) is 41.6 Å². The van der Waals surface area contributed by atoms with Gasteiger partial charge in [-0.15, -0.1) is 0 Å². The zero-order valence-electron chi connectivity index (χ0n) is 12.7. The van der Waals surface area contributed by atoms with Gasteiger partial charge in [0, 0.05) is 12.2 Å². The van der Waals surface area contributed by atoms with E-state index in [0.29, 0.717) is 13.2 Å². The lowest BCUT2D eigenvalue weighted by Crippen LogP contribution is -2.40. The summed E-state index contributed by atoms with van der Waals surface area (Å²) < 4.78 is 5.69. The van der Waals surface area contributed by atoms with Crippen LogP contribution in [0.4, 0.5) is 10.5 Å². The standard InChI is InChI=1S/C18H20N2O2/c1-14-6-2-5-9-17(14)22-13-11-19-18(21)20-12-10-15-7-3-4-8-16(15)20/h2-9H,10-13H2,1H3,(H,19,21). The first-order valence-electron chi connectivity index (χ1n) is 7.57. The smallest absolute Gasteiger partial charge is 0.322 e. The van der Waals surface area contributed by atoms with E-state index in [1.54, 1.807) is 4.90 Å². The van der Waals surface area contributed by atoms with Crippen LogP contribution in [0.3, 0.4) is 0 Å². The normalized spacial score (nSPS) is 12.9. The zero-order valence-corrected chi connectivity index (χ0v) is 12.7. The van der Waals surface area contributed by atoms with Crippen LogP contribution >= 0.6 is 0 Å². The quantitative estimate of drug-likeness (QED) is 0.881. The van der Waals surface area contributed by atoms with Crippen LogP contribution in [0.1, 0.15) is 11.1 Å². The van der Waals surface area contributed by atoms with Crippen molar-refractivity contribution in [2.45, 2.75) is 13.3 Å². The molecule has 1 aliphatic heterocycles. The molecule has 0 aromatic heterocycles. The predicted octanol–water partition coefficient (Wildman–Crippen LogP) is 3.15. The summed E-state index contributed by atoms with van der Waals surface area (Å²) in [6.45, 7) is 3.71. The summed E-state index contributed by atoms with van der Waals surface area (Å²) >= 11 is 0. The fraction of sp³-hybridized carbons (Fsp3) is 0.278. The largest absolute Gasteiger partial charge is 0.491 e. The van der Waals surface area contributed by atoms with Gasteiger partial charge in [-0.05, 0) is 36.6 Å². The van der Waals surface area contributed by atoms with Gasteiger partial charge in [-0.3, -0.25) is 4.90 Å². The third kappa shape index (κ3) is 3.06. The monoisotopic (exact) mass is 296 g/mol. The lowest BCUT2D eigenvalue weighted by molar-refractivity contribution is 0.242. The van der Waals surface area contributed by atoms with Crippen molar-refractivity contribution in [1.29, 1.82) is 0 Å². The van der Waals surface area contributed by atoms with E-state index >= 15 is 0 Å². The Morgan fingerprint density at radius 1 is 1.18 bits per heavy atom. The molecule has 4 nitrogen and oxygen atoms in total. The summed E-state index contributed by atoms with van der Waals surface area (Å²) in [6.07, 6.45) is 0.920. The summed E-state index contributed by atoms with van der Waals surface area (Å²) in [6, 6.07) is 15.9. The molecule has 0 radical (unpaired) electrons. The van der Waals surface area contributed by atoms with Gasteiger partial charge in [0.05, 0.1) is 6.54 Å². The number of carbonyl (C=O) groups excluding carboxylic acids is 1. The number of urea groups is 1. The lowest BCUT2D eigenvalue weighted by atomic mass is 10.2. The molecule has 0 saturated carbocycles. The lowest BCUT2D eigenvalue weighted by Gasteiger charge is -2.18. The van der Waals surface area contributed by atoms with Crippen molar-refractivity contribution in [3.63, 3.8) is 0 Å². The van der Waals surface area contributed by atoms with Gasteiger partial charge in [-0.2, -0.15) is 0 Å². The van der Waals surface area contributed by atoms with Crippen LogP contribution < -0.4 is 15.0 Å². The minimum absolute atomic E-state index is 0.0571. The third-order valence-corrected chi connectivity index (χ3v) is 3.86. The number of anilines is 1. The molecule has 3 rings (SSSR count). The highest BCUT2D eigenvalue weighted by atomic mass is 16.5. The van der Waals surface area contributed by atoms with Crippen LogP contribution in [0.5, 0.6) is 5.75 Å². The Hall–Kier alpha value is -2.49. The molecule has 1 heterocycles. The van der Waals surface area contributed by atoms with E-state index in [1.807, 2.05) is 49.4 Å². The summed E-state index contributed by atoms with van der Waals surface area (Å²) in [5, 5.41) is 2.92. The molecule has 0 fully saturated rings. The maximum Gasteiger partial charge on any atom is 0.322 e. The van der Waals surface area contributed by atoms with E-state index in [1.165, 1.54) is 5.56 Å². The zero-order chi connectivity index (χ0) is 15.4. The van der Waals surface area contributed by atoms with Gasteiger partial charge in [0.1, 0.15) is 12.4 Å². The molecule has 2 aromatic rings. The Kier molecular flexibility index (Phi) is 4.28. The van der Waals surface area contributed by atoms with Crippen LogP contribution in [0, 0.1) is 6.92 Å². The molecule has 2 amide bonds.